The van der Waals surface area contributed by atoms with E-state index < -0.39 is 18.0 Å². The Morgan fingerprint density at radius 2 is 2.06 bits per heavy atom. The van der Waals surface area contributed by atoms with Crippen LogP contribution in [0.1, 0.15) is 18.5 Å². The summed E-state index contributed by atoms with van der Waals surface area (Å²) in [4.78, 5) is 15.0. The van der Waals surface area contributed by atoms with Gasteiger partial charge in [0.25, 0.3) is 5.88 Å². The molecule has 0 unspecified atom stereocenters. The van der Waals surface area contributed by atoms with E-state index >= 15 is 0 Å². The molecule has 0 bridgehead atoms. The van der Waals surface area contributed by atoms with Crippen LogP contribution in [0.25, 0.3) is 0 Å². The first-order valence-electron chi connectivity index (χ1n) is 9.34. The molecule has 2 saturated heterocycles. The largest absolute Gasteiger partial charge is 0.490 e. The van der Waals surface area contributed by atoms with E-state index in [9.17, 15) is 17.6 Å². The summed E-state index contributed by atoms with van der Waals surface area (Å²) in [5.41, 5.74) is 0.637. The monoisotopic (exact) mass is 444 g/mol. The summed E-state index contributed by atoms with van der Waals surface area (Å²) in [7, 11) is 0. The molecule has 31 heavy (non-hydrogen) atoms. The van der Waals surface area contributed by atoms with Crippen LogP contribution in [0.2, 0.25) is 0 Å². The number of pyridine rings is 1. The third-order valence-corrected chi connectivity index (χ3v) is 4.84. The van der Waals surface area contributed by atoms with Gasteiger partial charge in [-0.1, -0.05) is 0 Å². The molecular weight excluding hydrogens is 424 g/mol. The molecule has 0 aliphatic carbocycles. The molecule has 0 radical (unpaired) electrons. The molecule has 4 heterocycles. The number of aryl methyl sites for hydroxylation is 1. The van der Waals surface area contributed by atoms with Crippen LogP contribution in [0, 0.1) is 12.7 Å². The molecule has 8 nitrogen and oxygen atoms in total. The predicted molar refractivity (Wildman–Crippen MR) is 99.2 cm³/mol. The molecular formula is C19H20F4N4O4. The van der Waals surface area contributed by atoms with Gasteiger partial charge in [-0.25, -0.2) is 14.2 Å². The third-order valence-electron chi connectivity index (χ3n) is 4.84. The Hall–Kier alpha value is -3.02. The Labute approximate surface area is 174 Å². The van der Waals surface area contributed by atoms with Gasteiger partial charge in [-0.2, -0.15) is 18.3 Å². The van der Waals surface area contributed by atoms with Gasteiger partial charge in [0, 0.05) is 25.7 Å². The van der Waals surface area contributed by atoms with Gasteiger partial charge < -0.3 is 19.5 Å². The third kappa shape index (κ3) is 5.78. The van der Waals surface area contributed by atoms with Crippen molar-refractivity contribution >= 4 is 11.8 Å². The zero-order chi connectivity index (χ0) is 22.6. The molecule has 2 atom stereocenters. The Morgan fingerprint density at radius 1 is 1.32 bits per heavy atom. The summed E-state index contributed by atoms with van der Waals surface area (Å²) >= 11 is 0. The molecule has 4 rings (SSSR count). The van der Waals surface area contributed by atoms with Crippen LogP contribution in [0.3, 0.4) is 0 Å². The van der Waals surface area contributed by atoms with Crippen LogP contribution in [0.15, 0.2) is 30.5 Å². The average molecular weight is 444 g/mol. The summed E-state index contributed by atoms with van der Waals surface area (Å²) in [6.07, 6.45) is -2.12. The highest BCUT2D eigenvalue weighted by atomic mass is 19.4. The summed E-state index contributed by atoms with van der Waals surface area (Å²) in [6, 6.07) is 6.83. The zero-order valence-corrected chi connectivity index (χ0v) is 16.5. The van der Waals surface area contributed by atoms with Gasteiger partial charge in [-0.15, -0.1) is 5.10 Å². The van der Waals surface area contributed by atoms with E-state index in [1.165, 1.54) is 12.3 Å². The fourth-order valence-electron chi connectivity index (χ4n) is 3.38. The lowest BCUT2D eigenvalue weighted by Gasteiger charge is -2.23. The molecule has 0 amide bonds. The molecule has 2 aliphatic heterocycles. The van der Waals surface area contributed by atoms with Crippen molar-refractivity contribution in [2.45, 2.75) is 37.6 Å². The molecule has 12 heteroatoms. The van der Waals surface area contributed by atoms with Gasteiger partial charge in [-0.05, 0) is 37.6 Å². The van der Waals surface area contributed by atoms with Crippen LogP contribution >= 0.6 is 0 Å². The van der Waals surface area contributed by atoms with Crippen molar-refractivity contribution in [1.82, 2.24) is 15.2 Å². The van der Waals surface area contributed by atoms with Gasteiger partial charge >= 0.3 is 12.1 Å². The maximum Gasteiger partial charge on any atom is 0.490 e. The van der Waals surface area contributed by atoms with E-state index in [-0.39, 0.29) is 17.6 Å². The van der Waals surface area contributed by atoms with Crippen LogP contribution in [0.5, 0.6) is 5.88 Å². The van der Waals surface area contributed by atoms with Crippen LogP contribution in [-0.4, -0.2) is 63.8 Å². The minimum Gasteiger partial charge on any atom is -0.475 e. The number of anilines is 1. The second-order valence-corrected chi connectivity index (χ2v) is 7.24. The highest BCUT2D eigenvalue weighted by Crippen LogP contribution is 2.37. The number of halogens is 4. The minimum absolute atomic E-state index is 0.0439. The van der Waals surface area contributed by atoms with Gasteiger partial charge in [0.05, 0.1) is 17.9 Å². The summed E-state index contributed by atoms with van der Waals surface area (Å²) in [6.45, 7) is 3.97. The van der Waals surface area contributed by atoms with Crippen molar-refractivity contribution in [3.63, 3.8) is 0 Å². The van der Waals surface area contributed by atoms with Gasteiger partial charge in [-0.3, -0.25) is 0 Å². The van der Waals surface area contributed by atoms with Gasteiger partial charge in [0.1, 0.15) is 6.10 Å². The van der Waals surface area contributed by atoms with Crippen LogP contribution in [-0.2, 0) is 9.53 Å². The lowest BCUT2D eigenvalue weighted by Crippen LogP contribution is -2.33. The number of carboxylic acid groups (broad SMARTS) is 1. The van der Waals surface area contributed by atoms with Crippen molar-refractivity contribution in [1.29, 1.82) is 0 Å². The Bertz CT molecular complexity index is 913. The van der Waals surface area contributed by atoms with Crippen molar-refractivity contribution in [2.75, 3.05) is 24.6 Å². The smallest absolute Gasteiger partial charge is 0.475 e. The SMILES string of the molecule is Cc1ccc(N2CC[C@]3(C[C@@H](Oc4ncccc4F)CO3)C2)nn1.O=C(O)C(F)(F)F. The van der Waals surface area contributed by atoms with Gasteiger partial charge in [0.15, 0.2) is 11.6 Å². The quantitative estimate of drug-likeness (QED) is 0.722. The number of hydrogen-bond donors (Lipinski definition) is 1. The zero-order valence-electron chi connectivity index (χ0n) is 16.5. The summed E-state index contributed by atoms with van der Waals surface area (Å²) < 4.78 is 57.1. The molecule has 0 saturated carbocycles. The molecule has 2 fully saturated rings. The number of carboxylic acids is 1. The van der Waals surface area contributed by atoms with Crippen LogP contribution < -0.4 is 9.64 Å². The van der Waals surface area contributed by atoms with E-state index in [1.807, 2.05) is 19.1 Å². The van der Waals surface area contributed by atoms with Crippen LogP contribution in [0.4, 0.5) is 23.4 Å². The molecule has 1 N–H and O–H groups in total. The van der Waals surface area contributed by atoms with Crippen molar-refractivity contribution in [3.8, 4) is 5.88 Å². The predicted octanol–water partition coefficient (Wildman–Crippen LogP) is 2.77. The normalized spacial score (nSPS) is 22.9. The van der Waals surface area contributed by atoms with E-state index in [2.05, 4.69) is 20.1 Å². The number of rotatable bonds is 3. The summed E-state index contributed by atoms with van der Waals surface area (Å²) in [5.74, 6) is -2.29. The number of ether oxygens (including phenoxy) is 2. The number of nitrogens with zero attached hydrogens (tertiary/aromatic N) is 4. The van der Waals surface area contributed by atoms with Crippen molar-refractivity contribution in [3.05, 3.63) is 42.0 Å². The number of aromatic nitrogens is 3. The number of alkyl halides is 3. The van der Waals surface area contributed by atoms with E-state index in [0.717, 1.165) is 37.4 Å². The number of aliphatic carboxylic acids is 1. The number of hydrogen-bond acceptors (Lipinski definition) is 7. The summed E-state index contributed by atoms with van der Waals surface area (Å²) in [5, 5.41) is 15.5. The Balaban J connectivity index is 0.000000339. The average Bonchev–Trinajstić information content (AvgIpc) is 3.31. The number of carbonyl (C=O) groups is 1. The molecule has 1 spiro atoms. The molecule has 0 aromatic carbocycles. The molecule has 2 aliphatic rings. The van der Waals surface area contributed by atoms with E-state index in [0.29, 0.717) is 6.61 Å². The topological polar surface area (TPSA) is 97.7 Å². The lowest BCUT2D eigenvalue weighted by molar-refractivity contribution is -0.192. The fraction of sp³-hybridized carbons (Fsp3) is 0.474. The van der Waals surface area contributed by atoms with Crippen molar-refractivity contribution in [2.24, 2.45) is 0 Å². The second-order valence-electron chi connectivity index (χ2n) is 7.24. The first-order chi connectivity index (χ1) is 14.6. The maximum atomic E-state index is 13.7. The fourth-order valence-corrected chi connectivity index (χ4v) is 3.38. The second kappa shape index (κ2) is 9.00. The lowest BCUT2D eigenvalue weighted by atomic mass is 9.98. The van der Waals surface area contributed by atoms with Crippen molar-refractivity contribution < 1.29 is 36.9 Å². The first-order valence-corrected chi connectivity index (χ1v) is 9.34. The van der Waals surface area contributed by atoms with E-state index in [4.69, 9.17) is 19.4 Å². The highest BCUT2D eigenvalue weighted by molar-refractivity contribution is 5.73. The Kier molecular flexibility index (Phi) is 6.58. The minimum atomic E-state index is -5.08. The maximum absolute atomic E-state index is 13.7. The molecule has 2 aromatic rings. The first kappa shape index (κ1) is 22.7. The van der Waals surface area contributed by atoms with E-state index in [1.54, 1.807) is 6.07 Å². The Morgan fingerprint density at radius 3 is 2.68 bits per heavy atom. The van der Waals surface area contributed by atoms with Gasteiger partial charge in [0.2, 0.25) is 0 Å². The standard InChI is InChI=1S/C17H19FN4O2.C2HF3O2/c1-12-4-5-15(21-20-12)22-8-6-17(11-22)9-13(10-23-17)24-16-14(18)3-2-7-19-16;3-2(4,5)1(6)7/h2-5,7,13H,6,8-11H2,1H3;(H,6,7)/t13-,17+;/m1./s1. The molecule has 2 aromatic heterocycles. The molecule has 168 valence electrons. The highest BCUT2D eigenvalue weighted by Gasteiger charge is 2.47.